The fraction of sp³-hybridized carbons (Fsp3) is 0.240. The molecule has 1 aliphatic heterocycles. The Morgan fingerprint density at radius 2 is 1.66 bits per heavy atom. The predicted octanol–water partition coefficient (Wildman–Crippen LogP) is 3.64. The van der Waals surface area contributed by atoms with E-state index in [9.17, 15) is 14.7 Å². The maximum absolute atomic E-state index is 13.3. The molecule has 1 atom stereocenters. The average molecular weight is 480 g/mol. The van der Waals surface area contributed by atoms with Gasteiger partial charge in [0.2, 0.25) is 0 Å². The molecule has 0 radical (unpaired) electrons. The van der Waals surface area contributed by atoms with Crippen molar-refractivity contribution < 1.29 is 38.2 Å². The number of aliphatic hydroxyl groups excluding tert-OH is 1. The molecular formula is C25H24N2O8. The fourth-order valence-corrected chi connectivity index (χ4v) is 4.10. The Morgan fingerprint density at radius 3 is 2.26 bits per heavy atom. The number of amides is 1. The maximum atomic E-state index is 13.3. The van der Waals surface area contributed by atoms with Gasteiger partial charge in [-0.15, -0.1) is 0 Å². The van der Waals surface area contributed by atoms with Crippen LogP contribution in [-0.2, 0) is 9.59 Å². The smallest absolute Gasteiger partial charge is 0.301 e. The summed E-state index contributed by atoms with van der Waals surface area (Å²) in [5, 5.41) is 15.3. The molecule has 1 N–H and O–H groups in total. The SMILES string of the molecule is COc1ccc(/C(O)=C2\C(=O)C(=O)N(c3cc(C)on3)C2c2cccc(OC)c2OC)cc1OC. The second kappa shape index (κ2) is 9.41. The number of nitrogens with zero attached hydrogens (tertiary/aromatic N) is 2. The second-order valence-corrected chi connectivity index (χ2v) is 7.62. The Labute approximate surface area is 201 Å². The van der Waals surface area contributed by atoms with Gasteiger partial charge < -0.3 is 28.6 Å². The summed E-state index contributed by atoms with van der Waals surface area (Å²) in [6, 6.07) is 10.2. The van der Waals surface area contributed by atoms with Crippen LogP contribution in [0.15, 0.2) is 52.6 Å². The van der Waals surface area contributed by atoms with Gasteiger partial charge in [0.25, 0.3) is 5.78 Å². The molecule has 3 aromatic rings. The van der Waals surface area contributed by atoms with E-state index >= 15 is 0 Å². The molecule has 182 valence electrons. The van der Waals surface area contributed by atoms with E-state index in [4.69, 9.17) is 23.5 Å². The van der Waals surface area contributed by atoms with Crippen LogP contribution in [0.25, 0.3) is 5.76 Å². The highest BCUT2D eigenvalue weighted by molar-refractivity contribution is 6.51. The van der Waals surface area contributed by atoms with Crippen LogP contribution in [0.3, 0.4) is 0 Å². The van der Waals surface area contributed by atoms with Gasteiger partial charge in [0.05, 0.1) is 34.0 Å². The number of aliphatic hydroxyl groups is 1. The van der Waals surface area contributed by atoms with Crippen LogP contribution >= 0.6 is 0 Å². The molecule has 1 saturated heterocycles. The quantitative estimate of drug-likeness (QED) is 0.307. The minimum absolute atomic E-state index is 0.117. The van der Waals surface area contributed by atoms with E-state index in [1.54, 1.807) is 37.3 Å². The Hall–Kier alpha value is -4.47. The topological polar surface area (TPSA) is 121 Å². The summed E-state index contributed by atoms with van der Waals surface area (Å²) in [7, 11) is 5.86. The third-order valence-corrected chi connectivity index (χ3v) is 5.69. The minimum Gasteiger partial charge on any atom is -0.507 e. The first-order valence-corrected chi connectivity index (χ1v) is 10.5. The van der Waals surface area contributed by atoms with E-state index in [2.05, 4.69) is 5.16 Å². The number of ether oxygens (including phenoxy) is 4. The lowest BCUT2D eigenvalue weighted by molar-refractivity contribution is -0.132. The van der Waals surface area contributed by atoms with Gasteiger partial charge in [0, 0.05) is 17.2 Å². The normalized spacial score (nSPS) is 16.9. The number of hydrogen-bond acceptors (Lipinski definition) is 9. The highest BCUT2D eigenvalue weighted by Gasteiger charge is 2.49. The number of carbonyl (C=O) groups is 2. The molecule has 1 aromatic heterocycles. The van der Waals surface area contributed by atoms with Crippen molar-refractivity contribution >= 4 is 23.3 Å². The Morgan fingerprint density at radius 1 is 0.943 bits per heavy atom. The lowest BCUT2D eigenvalue weighted by atomic mass is 9.94. The number of benzene rings is 2. The molecule has 0 spiro atoms. The van der Waals surface area contributed by atoms with Crippen LogP contribution in [0.1, 0.15) is 22.9 Å². The molecule has 0 bridgehead atoms. The van der Waals surface area contributed by atoms with Crippen LogP contribution in [0.2, 0.25) is 0 Å². The fourth-order valence-electron chi connectivity index (χ4n) is 4.10. The van der Waals surface area contributed by atoms with E-state index < -0.39 is 23.5 Å². The largest absolute Gasteiger partial charge is 0.507 e. The van der Waals surface area contributed by atoms with E-state index in [-0.39, 0.29) is 17.0 Å². The van der Waals surface area contributed by atoms with E-state index in [0.29, 0.717) is 34.3 Å². The first-order chi connectivity index (χ1) is 16.9. The van der Waals surface area contributed by atoms with Gasteiger partial charge in [0.15, 0.2) is 28.8 Å². The van der Waals surface area contributed by atoms with Gasteiger partial charge in [-0.3, -0.25) is 14.5 Å². The summed E-state index contributed by atoms with van der Waals surface area (Å²) in [5.41, 5.74) is 0.506. The molecule has 1 unspecified atom stereocenters. The van der Waals surface area contributed by atoms with Crippen LogP contribution < -0.4 is 23.8 Å². The van der Waals surface area contributed by atoms with Gasteiger partial charge in [-0.1, -0.05) is 17.3 Å². The molecule has 1 amide bonds. The first-order valence-electron chi connectivity index (χ1n) is 10.5. The number of carbonyl (C=O) groups excluding carboxylic acids is 2. The molecule has 0 saturated carbocycles. The van der Waals surface area contributed by atoms with Gasteiger partial charge >= 0.3 is 5.91 Å². The number of methoxy groups -OCH3 is 4. The number of para-hydroxylation sites is 1. The van der Waals surface area contributed by atoms with Crippen molar-refractivity contribution in [1.82, 2.24) is 5.16 Å². The molecule has 0 aliphatic carbocycles. The molecule has 1 aliphatic rings. The Kier molecular flexibility index (Phi) is 6.37. The Balaban J connectivity index is 2.00. The van der Waals surface area contributed by atoms with E-state index in [1.807, 2.05) is 0 Å². The van der Waals surface area contributed by atoms with Gasteiger partial charge in [-0.2, -0.15) is 0 Å². The summed E-state index contributed by atoms with van der Waals surface area (Å²) in [6.45, 7) is 1.66. The van der Waals surface area contributed by atoms with Gasteiger partial charge in [0.1, 0.15) is 17.6 Å². The lowest BCUT2D eigenvalue weighted by Gasteiger charge is -2.25. The molecule has 2 heterocycles. The zero-order valence-corrected chi connectivity index (χ0v) is 19.8. The van der Waals surface area contributed by atoms with E-state index in [1.165, 1.54) is 45.5 Å². The average Bonchev–Trinajstić information content (AvgIpc) is 3.42. The number of rotatable bonds is 7. The van der Waals surface area contributed by atoms with Crippen molar-refractivity contribution in [1.29, 1.82) is 0 Å². The molecule has 10 nitrogen and oxygen atoms in total. The molecule has 10 heteroatoms. The maximum Gasteiger partial charge on any atom is 0.301 e. The van der Waals surface area contributed by atoms with Gasteiger partial charge in [-0.05, 0) is 31.2 Å². The summed E-state index contributed by atoms with van der Waals surface area (Å²) >= 11 is 0. The number of aromatic nitrogens is 1. The standard InChI is InChI=1S/C25H24N2O8/c1-13-11-19(26-35-13)27-21(15-7-6-8-17(32-3)24(15)34-5)20(23(29)25(27)30)22(28)14-9-10-16(31-2)18(12-14)33-4/h6-12,21,28H,1-5H3/b22-20+. The summed E-state index contributed by atoms with van der Waals surface area (Å²) in [6.07, 6.45) is 0. The zero-order valence-electron chi connectivity index (χ0n) is 19.8. The van der Waals surface area contributed by atoms with Crippen molar-refractivity contribution in [2.75, 3.05) is 33.3 Å². The van der Waals surface area contributed by atoms with Crippen LogP contribution in [0.4, 0.5) is 5.82 Å². The molecule has 35 heavy (non-hydrogen) atoms. The highest BCUT2D eigenvalue weighted by Crippen LogP contribution is 2.47. The molecule has 4 rings (SSSR count). The van der Waals surface area contributed by atoms with Crippen LogP contribution in [0, 0.1) is 6.92 Å². The highest BCUT2D eigenvalue weighted by atomic mass is 16.5. The van der Waals surface area contributed by atoms with E-state index in [0.717, 1.165) is 0 Å². The molecule has 1 fully saturated rings. The third kappa shape index (κ3) is 3.92. The summed E-state index contributed by atoms with van der Waals surface area (Å²) < 4.78 is 26.7. The van der Waals surface area contributed by atoms with Crippen LogP contribution in [-0.4, -0.2) is 50.4 Å². The summed E-state index contributed by atoms with van der Waals surface area (Å²) in [5.74, 6) is -0.153. The Bertz CT molecular complexity index is 1330. The van der Waals surface area contributed by atoms with Gasteiger partial charge in [-0.25, -0.2) is 0 Å². The molecular weight excluding hydrogens is 456 g/mol. The summed E-state index contributed by atoms with van der Waals surface area (Å²) in [4.78, 5) is 27.8. The third-order valence-electron chi connectivity index (χ3n) is 5.69. The van der Waals surface area contributed by atoms with Crippen molar-refractivity contribution in [2.45, 2.75) is 13.0 Å². The van der Waals surface area contributed by atoms with Crippen molar-refractivity contribution in [3.63, 3.8) is 0 Å². The number of hydrogen-bond donors (Lipinski definition) is 1. The van der Waals surface area contributed by atoms with Crippen molar-refractivity contribution in [3.8, 4) is 23.0 Å². The monoisotopic (exact) mass is 480 g/mol. The number of anilines is 1. The second-order valence-electron chi connectivity index (χ2n) is 7.62. The minimum atomic E-state index is -1.09. The lowest BCUT2D eigenvalue weighted by Crippen LogP contribution is -2.30. The van der Waals surface area contributed by atoms with Crippen LogP contribution in [0.5, 0.6) is 23.0 Å². The van der Waals surface area contributed by atoms with Crippen molar-refractivity contribution in [3.05, 3.63) is 64.9 Å². The molecule has 2 aromatic carbocycles. The number of Topliss-reactive ketones (excluding diaryl/α,β-unsaturated/α-hetero) is 1. The van der Waals surface area contributed by atoms with Crippen molar-refractivity contribution in [2.24, 2.45) is 0 Å². The number of aryl methyl sites for hydroxylation is 1. The predicted molar refractivity (Wildman–Crippen MR) is 125 cm³/mol. The zero-order chi connectivity index (χ0) is 25.3. The first kappa shape index (κ1) is 23.7. The number of ketones is 1.